The molecule has 5 nitrogen and oxygen atoms in total. The molecule has 0 spiro atoms. The lowest BCUT2D eigenvalue weighted by atomic mass is 9.94. The quantitative estimate of drug-likeness (QED) is 0.814. The molecule has 2 aliphatic rings. The Hall–Kier alpha value is -2.04. The van der Waals surface area contributed by atoms with Crippen molar-refractivity contribution in [2.24, 2.45) is 11.8 Å². The molecule has 3 rings (SSSR count). The van der Waals surface area contributed by atoms with E-state index in [-0.39, 0.29) is 11.8 Å². The molecule has 1 aliphatic carbocycles. The molecule has 3 unspecified atom stereocenters. The van der Waals surface area contributed by atoms with Gasteiger partial charge in [0.1, 0.15) is 6.04 Å². The van der Waals surface area contributed by atoms with E-state index in [2.05, 4.69) is 0 Å². The lowest BCUT2D eigenvalue weighted by molar-refractivity contribution is -0.142. The van der Waals surface area contributed by atoms with E-state index in [4.69, 9.17) is 5.73 Å². The van der Waals surface area contributed by atoms with Gasteiger partial charge in [0.2, 0.25) is 0 Å². The topological polar surface area (TPSA) is 83.6 Å². The molecule has 1 saturated carbocycles. The van der Waals surface area contributed by atoms with Gasteiger partial charge in [-0.15, -0.1) is 0 Å². The fraction of sp³-hybridized carbons (Fsp3) is 0.500. The number of carbonyl (C=O) groups is 2. The number of anilines is 1. The van der Waals surface area contributed by atoms with Crippen LogP contribution in [0.5, 0.6) is 0 Å². The van der Waals surface area contributed by atoms with Gasteiger partial charge < -0.3 is 15.7 Å². The van der Waals surface area contributed by atoms with Gasteiger partial charge in [-0.2, -0.15) is 0 Å². The lowest BCUT2D eigenvalue weighted by Gasteiger charge is -2.24. The zero-order valence-corrected chi connectivity index (χ0v) is 12.1. The van der Waals surface area contributed by atoms with Gasteiger partial charge in [-0.05, 0) is 49.3 Å². The smallest absolute Gasteiger partial charge is 0.326 e. The van der Waals surface area contributed by atoms with Gasteiger partial charge in [0.15, 0.2) is 0 Å². The number of aliphatic carboxylic acids is 1. The summed E-state index contributed by atoms with van der Waals surface area (Å²) in [7, 11) is 0. The number of likely N-dealkylation sites (tertiary alicyclic amines) is 1. The average Bonchev–Trinajstić information content (AvgIpc) is 3.00. The Bertz CT molecular complexity index is 599. The number of hydrogen-bond acceptors (Lipinski definition) is 3. The number of nitrogen functional groups attached to an aromatic ring is 1. The number of nitrogens with zero attached hydrogens (tertiary/aromatic N) is 1. The van der Waals surface area contributed by atoms with Crippen LogP contribution in [0.15, 0.2) is 18.2 Å². The number of carbonyl (C=O) groups excluding carboxylic acids is 1. The summed E-state index contributed by atoms with van der Waals surface area (Å²) in [6, 6.07) is 4.48. The molecule has 1 amide bonds. The van der Waals surface area contributed by atoms with E-state index in [0.29, 0.717) is 23.7 Å². The Morgan fingerprint density at radius 1 is 1.33 bits per heavy atom. The first-order chi connectivity index (χ1) is 9.99. The van der Waals surface area contributed by atoms with E-state index in [1.54, 1.807) is 18.2 Å². The van der Waals surface area contributed by atoms with E-state index in [1.165, 1.54) is 4.90 Å². The summed E-state index contributed by atoms with van der Waals surface area (Å²) in [6.07, 6.45) is 2.99. The molecule has 3 atom stereocenters. The number of fused-ring (bicyclic) bond motifs is 1. The van der Waals surface area contributed by atoms with E-state index < -0.39 is 12.0 Å². The predicted molar refractivity (Wildman–Crippen MR) is 78.9 cm³/mol. The minimum Gasteiger partial charge on any atom is -0.480 e. The van der Waals surface area contributed by atoms with Gasteiger partial charge in [0, 0.05) is 17.8 Å². The van der Waals surface area contributed by atoms with Crippen molar-refractivity contribution >= 4 is 17.6 Å². The largest absolute Gasteiger partial charge is 0.480 e. The van der Waals surface area contributed by atoms with Crippen LogP contribution < -0.4 is 5.73 Å². The predicted octanol–water partition coefficient (Wildman–Crippen LogP) is 1.90. The lowest BCUT2D eigenvalue weighted by Crippen LogP contribution is -2.43. The SMILES string of the molecule is Cc1ccc(C(=O)N2CC3CCCC3C2C(=O)O)cc1N. The Morgan fingerprint density at radius 2 is 2.10 bits per heavy atom. The second-order valence-electron chi connectivity index (χ2n) is 6.17. The molecule has 1 saturated heterocycles. The molecule has 0 radical (unpaired) electrons. The molecule has 1 aromatic carbocycles. The van der Waals surface area contributed by atoms with Crippen molar-refractivity contribution in [2.45, 2.75) is 32.2 Å². The summed E-state index contributed by atoms with van der Waals surface area (Å²) in [4.78, 5) is 25.8. The van der Waals surface area contributed by atoms with Crippen LogP contribution in [0.2, 0.25) is 0 Å². The summed E-state index contributed by atoms with van der Waals surface area (Å²) in [5.74, 6) is -0.673. The molecule has 3 N–H and O–H groups in total. The van der Waals surface area contributed by atoms with E-state index >= 15 is 0 Å². The van der Waals surface area contributed by atoms with Crippen molar-refractivity contribution in [1.82, 2.24) is 4.90 Å². The maximum Gasteiger partial charge on any atom is 0.326 e. The molecule has 0 bridgehead atoms. The third-order valence-electron chi connectivity index (χ3n) is 4.93. The van der Waals surface area contributed by atoms with E-state index in [1.807, 2.05) is 6.92 Å². The molecule has 21 heavy (non-hydrogen) atoms. The normalized spacial score (nSPS) is 27.7. The number of carboxylic acid groups (broad SMARTS) is 1. The van der Waals surface area contributed by atoms with Gasteiger partial charge in [0.25, 0.3) is 5.91 Å². The zero-order valence-electron chi connectivity index (χ0n) is 12.1. The van der Waals surface area contributed by atoms with Crippen molar-refractivity contribution in [3.63, 3.8) is 0 Å². The average molecular weight is 288 g/mol. The first kappa shape index (κ1) is 13.9. The van der Waals surface area contributed by atoms with Crippen LogP contribution in [0.3, 0.4) is 0 Å². The van der Waals surface area contributed by atoms with Crippen molar-refractivity contribution < 1.29 is 14.7 Å². The van der Waals surface area contributed by atoms with Crippen molar-refractivity contribution in [3.8, 4) is 0 Å². The molecule has 0 aromatic heterocycles. The molecule has 1 aliphatic heterocycles. The van der Waals surface area contributed by atoms with Crippen LogP contribution in [-0.4, -0.2) is 34.5 Å². The van der Waals surface area contributed by atoms with Crippen molar-refractivity contribution in [1.29, 1.82) is 0 Å². The number of nitrogens with two attached hydrogens (primary N) is 1. The minimum atomic E-state index is -0.891. The molecular formula is C16H20N2O3. The highest BCUT2D eigenvalue weighted by molar-refractivity contribution is 5.98. The van der Waals surface area contributed by atoms with Crippen molar-refractivity contribution in [2.75, 3.05) is 12.3 Å². The molecule has 1 heterocycles. The first-order valence-electron chi connectivity index (χ1n) is 7.39. The number of aryl methyl sites for hydroxylation is 1. The number of rotatable bonds is 2. The second-order valence-corrected chi connectivity index (χ2v) is 6.17. The fourth-order valence-corrected chi connectivity index (χ4v) is 3.77. The Morgan fingerprint density at radius 3 is 2.76 bits per heavy atom. The highest BCUT2D eigenvalue weighted by atomic mass is 16.4. The first-order valence-corrected chi connectivity index (χ1v) is 7.39. The molecular weight excluding hydrogens is 268 g/mol. The monoisotopic (exact) mass is 288 g/mol. The summed E-state index contributed by atoms with van der Waals surface area (Å²) >= 11 is 0. The van der Waals surface area contributed by atoms with Gasteiger partial charge in [-0.25, -0.2) is 4.79 Å². The van der Waals surface area contributed by atoms with Crippen LogP contribution >= 0.6 is 0 Å². The fourth-order valence-electron chi connectivity index (χ4n) is 3.77. The summed E-state index contributed by atoms with van der Waals surface area (Å²) in [6.45, 7) is 2.43. The van der Waals surface area contributed by atoms with Crippen LogP contribution in [0.4, 0.5) is 5.69 Å². The van der Waals surface area contributed by atoms with E-state index in [0.717, 1.165) is 24.8 Å². The summed E-state index contributed by atoms with van der Waals surface area (Å²) in [5, 5.41) is 9.51. The van der Waals surface area contributed by atoms with E-state index in [9.17, 15) is 14.7 Å². The molecule has 5 heteroatoms. The second kappa shape index (κ2) is 5.06. The maximum absolute atomic E-state index is 12.7. The molecule has 1 aromatic rings. The maximum atomic E-state index is 12.7. The minimum absolute atomic E-state index is 0.106. The number of hydrogen-bond donors (Lipinski definition) is 2. The van der Waals surface area contributed by atoms with Crippen LogP contribution in [0.25, 0.3) is 0 Å². The zero-order chi connectivity index (χ0) is 15.1. The van der Waals surface area contributed by atoms with Gasteiger partial charge in [-0.1, -0.05) is 12.5 Å². The number of benzene rings is 1. The third kappa shape index (κ3) is 2.26. The highest BCUT2D eigenvalue weighted by Crippen LogP contribution is 2.42. The van der Waals surface area contributed by atoms with Crippen LogP contribution in [0.1, 0.15) is 35.2 Å². The van der Waals surface area contributed by atoms with Gasteiger partial charge in [-0.3, -0.25) is 4.79 Å². The Kier molecular flexibility index (Phi) is 3.35. The standard InChI is InChI=1S/C16H20N2O3/c1-9-5-6-10(7-13(9)17)15(19)18-8-11-3-2-4-12(11)14(18)16(20)21/h5-7,11-12,14H,2-4,8,17H2,1H3,(H,20,21). The molecule has 112 valence electrons. The number of carboxylic acids is 1. The number of amides is 1. The van der Waals surface area contributed by atoms with Gasteiger partial charge >= 0.3 is 5.97 Å². The highest BCUT2D eigenvalue weighted by Gasteiger charge is 2.49. The Balaban J connectivity index is 1.89. The van der Waals surface area contributed by atoms with Crippen LogP contribution in [-0.2, 0) is 4.79 Å². The molecule has 2 fully saturated rings. The van der Waals surface area contributed by atoms with Crippen molar-refractivity contribution in [3.05, 3.63) is 29.3 Å². The third-order valence-corrected chi connectivity index (χ3v) is 4.93. The van der Waals surface area contributed by atoms with Gasteiger partial charge in [0.05, 0.1) is 0 Å². The summed E-state index contributed by atoms with van der Waals surface area (Å²) in [5.41, 5.74) is 7.81. The van der Waals surface area contributed by atoms with Crippen LogP contribution in [0, 0.1) is 18.8 Å². The Labute approximate surface area is 123 Å². The summed E-state index contributed by atoms with van der Waals surface area (Å²) < 4.78 is 0.